The third-order valence-electron chi connectivity index (χ3n) is 2.21. The Balaban J connectivity index is 2.37. The minimum absolute atomic E-state index is 0.557. The SMILES string of the molecule is C#Cc1cccc(-c2cnc(N(C)N=O)s2)c1. The fourth-order valence-electron chi connectivity index (χ4n) is 1.35. The van der Waals surface area contributed by atoms with Gasteiger partial charge in [0.25, 0.3) is 0 Å². The lowest BCUT2D eigenvalue weighted by Gasteiger charge is -2.01. The molecule has 84 valence electrons. The van der Waals surface area contributed by atoms with Crippen molar-refractivity contribution in [2.45, 2.75) is 0 Å². The Morgan fingerprint density at radius 2 is 2.35 bits per heavy atom. The molecule has 0 saturated carbocycles. The van der Waals surface area contributed by atoms with E-state index in [1.54, 1.807) is 13.2 Å². The second-order valence-corrected chi connectivity index (χ2v) is 4.35. The van der Waals surface area contributed by atoms with Crippen molar-refractivity contribution in [3.05, 3.63) is 40.9 Å². The molecule has 0 fully saturated rings. The Labute approximate surface area is 103 Å². The molecule has 0 unspecified atom stereocenters. The molecule has 1 heterocycles. The number of hydrogen-bond acceptors (Lipinski definition) is 4. The van der Waals surface area contributed by atoms with Crippen LogP contribution in [-0.2, 0) is 0 Å². The lowest BCUT2D eigenvalue weighted by molar-refractivity contribution is 0.991. The van der Waals surface area contributed by atoms with Gasteiger partial charge < -0.3 is 0 Å². The molecule has 0 aliphatic rings. The number of thiazole rings is 1. The lowest BCUT2D eigenvalue weighted by Crippen LogP contribution is -2.05. The van der Waals surface area contributed by atoms with E-state index in [4.69, 9.17) is 6.42 Å². The fraction of sp³-hybridized carbons (Fsp3) is 0.0833. The van der Waals surface area contributed by atoms with Crippen LogP contribution in [-0.4, -0.2) is 12.0 Å². The first kappa shape index (κ1) is 11.3. The van der Waals surface area contributed by atoms with Crippen LogP contribution >= 0.6 is 11.3 Å². The van der Waals surface area contributed by atoms with Crippen molar-refractivity contribution in [3.63, 3.8) is 0 Å². The fourth-order valence-corrected chi connectivity index (χ4v) is 2.16. The first-order valence-electron chi connectivity index (χ1n) is 4.84. The number of aromatic nitrogens is 1. The highest BCUT2D eigenvalue weighted by Crippen LogP contribution is 2.30. The Hall–Kier alpha value is -2.19. The summed E-state index contributed by atoms with van der Waals surface area (Å²) < 4.78 is 0. The average molecular weight is 243 g/mol. The molecule has 0 spiro atoms. The monoisotopic (exact) mass is 243 g/mol. The summed E-state index contributed by atoms with van der Waals surface area (Å²) >= 11 is 1.39. The molecule has 4 nitrogen and oxygen atoms in total. The highest BCUT2D eigenvalue weighted by Gasteiger charge is 2.08. The van der Waals surface area contributed by atoms with Crippen LogP contribution in [0, 0.1) is 17.3 Å². The van der Waals surface area contributed by atoms with E-state index in [1.165, 1.54) is 16.3 Å². The highest BCUT2D eigenvalue weighted by atomic mass is 32.1. The Morgan fingerprint density at radius 1 is 1.53 bits per heavy atom. The van der Waals surface area contributed by atoms with Crippen molar-refractivity contribution in [1.82, 2.24) is 4.98 Å². The Kier molecular flexibility index (Phi) is 3.17. The van der Waals surface area contributed by atoms with Crippen LogP contribution in [0.4, 0.5) is 5.13 Å². The van der Waals surface area contributed by atoms with Crippen molar-refractivity contribution in [2.75, 3.05) is 12.1 Å². The molecule has 0 N–H and O–H groups in total. The van der Waals surface area contributed by atoms with Gasteiger partial charge >= 0.3 is 0 Å². The van der Waals surface area contributed by atoms with E-state index in [2.05, 4.69) is 16.2 Å². The number of rotatable bonds is 3. The maximum atomic E-state index is 10.4. The number of anilines is 1. The zero-order valence-electron chi connectivity index (χ0n) is 9.12. The third-order valence-corrected chi connectivity index (χ3v) is 3.32. The Bertz CT molecular complexity index is 585. The van der Waals surface area contributed by atoms with Gasteiger partial charge in [0.05, 0.1) is 10.2 Å². The maximum Gasteiger partial charge on any atom is 0.208 e. The van der Waals surface area contributed by atoms with Gasteiger partial charge in [0.15, 0.2) is 0 Å². The van der Waals surface area contributed by atoms with Crippen molar-refractivity contribution in [1.29, 1.82) is 0 Å². The van der Waals surface area contributed by atoms with Gasteiger partial charge in [0, 0.05) is 18.8 Å². The van der Waals surface area contributed by atoms with Crippen LogP contribution in [0.25, 0.3) is 10.4 Å². The lowest BCUT2D eigenvalue weighted by atomic mass is 10.1. The van der Waals surface area contributed by atoms with Gasteiger partial charge in [0.2, 0.25) is 5.13 Å². The highest BCUT2D eigenvalue weighted by molar-refractivity contribution is 7.18. The van der Waals surface area contributed by atoms with Gasteiger partial charge in [-0.05, 0) is 17.7 Å². The van der Waals surface area contributed by atoms with Crippen LogP contribution in [0.5, 0.6) is 0 Å². The summed E-state index contributed by atoms with van der Waals surface area (Å²) in [6.07, 6.45) is 7.05. The molecule has 1 aromatic carbocycles. The minimum atomic E-state index is 0.557. The summed E-state index contributed by atoms with van der Waals surface area (Å²) in [4.78, 5) is 15.4. The van der Waals surface area contributed by atoms with Crippen molar-refractivity contribution < 1.29 is 0 Å². The molecule has 1 aromatic heterocycles. The second-order valence-electron chi connectivity index (χ2n) is 3.34. The van der Waals surface area contributed by atoms with E-state index >= 15 is 0 Å². The number of nitroso groups, excluding NO2 is 1. The van der Waals surface area contributed by atoms with Crippen LogP contribution < -0.4 is 5.01 Å². The smallest absolute Gasteiger partial charge is 0.208 e. The topological polar surface area (TPSA) is 45.6 Å². The molecule has 5 heteroatoms. The molecule has 0 bridgehead atoms. The van der Waals surface area contributed by atoms with Crippen LogP contribution in [0.15, 0.2) is 35.7 Å². The molecule has 0 saturated heterocycles. The summed E-state index contributed by atoms with van der Waals surface area (Å²) in [5, 5.41) is 4.55. The number of benzene rings is 1. The van der Waals surface area contributed by atoms with Crippen LogP contribution in [0.3, 0.4) is 0 Å². The van der Waals surface area contributed by atoms with Gasteiger partial charge in [-0.15, -0.1) is 11.3 Å². The molecular weight excluding hydrogens is 234 g/mol. The predicted octanol–water partition coefficient (Wildman–Crippen LogP) is 2.91. The summed E-state index contributed by atoms with van der Waals surface area (Å²) in [7, 11) is 1.56. The Morgan fingerprint density at radius 3 is 3.06 bits per heavy atom. The van der Waals surface area contributed by atoms with E-state index < -0.39 is 0 Å². The summed E-state index contributed by atoms with van der Waals surface area (Å²) in [5.41, 5.74) is 1.81. The molecule has 17 heavy (non-hydrogen) atoms. The van der Waals surface area contributed by atoms with Gasteiger partial charge in [-0.1, -0.05) is 29.4 Å². The van der Waals surface area contributed by atoms with Crippen molar-refractivity contribution in [2.24, 2.45) is 5.29 Å². The quantitative estimate of drug-likeness (QED) is 0.473. The summed E-state index contributed by atoms with van der Waals surface area (Å²) in [5.74, 6) is 2.58. The average Bonchev–Trinajstić information content (AvgIpc) is 2.87. The van der Waals surface area contributed by atoms with E-state index in [-0.39, 0.29) is 0 Å². The minimum Gasteiger partial charge on any atom is -0.226 e. The van der Waals surface area contributed by atoms with Crippen LogP contribution in [0.1, 0.15) is 5.56 Å². The van der Waals surface area contributed by atoms with Gasteiger partial charge in [-0.25, -0.2) is 9.99 Å². The van der Waals surface area contributed by atoms with E-state index in [0.29, 0.717) is 5.13 Å². The van der Waals surface area contributed by atoms with Crippen molar-refractivity contribution >= 4 is 16.5 Å². The molecule has 0 radical (unpaired) electrons. The zero-order chi connectivity index (χ0) is 12.3. The summed E-state index contributed by atoms with van der Waals surface area (Å²) in [6.45, 7) is 0. The molecule has 2 rings (SSSR count). The second kappa shape index (κ2) is 4.76. The normalized spacial score (nSPS) is 9.65. The van der Waals surface area contributed by atoms with Gasteiger partial charge in [-0.2, -0.15) is 0 Å². The number of nitrogens with zero attached hydrogens (tertiary/aromatic N) is 3. The molecule has 2 aromatic rings. The maximum absolute atomic E-state index is 10.4. The van der Waals surface area contributed by atoms with E-state index in [9.17, 15) is 4.91 Å². The molecular formula is C12H9N3OS. The van der Waals surface area contributed by atoms with Gasteiger partial charge in [0.1, 0.15) is 0 Å². The largest absolute Gasteiger partial charge is 0.226 e. The van der Waals surface area contributed by atoms with E-state index in [0.717, 1.165) is 16.0 Å². The predicted molar refractivity (Wildman–Crippen MR) is 69.7 cm³/mol. The number of hydrogen-bond donors (Lipinski definition) is 0. The zero-order valence-corrected chi connectivity index (χ0v) is 9.94. The first-order chi connectivity index (χ1) is 8.24. The molecule has 0 aliphatic heterocycles. The third kappa shape index (κ3) is 2.32. The standard InChI is InChI=1S/C12H9N3OS/c1-3-9-5-4-6-10(7-9)11-8-13-12(17-11)15(2)14-16/h1,4-8H,2H3. The number of terminal acetylenes is 1. The van der Waals surface area contributed by atoms with Crippen LogP contribution in [0.2, 0.25) is 0 Å². The van der Waals surface area contributed by atoms with Gasteiger partial charge in [-0.3, -0.25) is 0 Å². The van der Waals surface area contributed by atoms with Crippen molar-refractivity contribution in [3.8, 4) is 22.8 Å². The molecule has 0 amide bonds. The van der Waals surface area contributed by atoms with E-state index in [1.807, 2.05) is 24.3 Å². The molecule has 0 atom stereocenters. The first-order valence-corrected chi connectivity index (χ1v) is 5.66. The molecule has 0 aliphatic carbocycles. The summed E-state index contributed by atoms with van der Waals surface area (Å²) in [6, 6.07) is 7.62.